The van der Waals surface area contributed by atoms with Crippen LogP contribution in [0.4, 0.5) is 8.78 Å². The van der Waals surface area contributed by atoms with E-state index in [0.717, 1.165) is 12.1 Å². The van der Waals surface area contributed by atoms with Crippen molar-refractivity contribution in [3.63, 3.8) is 0 Å². The normalized spacial score (nSPS) is 10.6. The van der Waals surface area contributed by atoms with Crippen LogP contribution >= 0.6 is 11.6 Å². The second-order valence-corrected chi connectivity index (χ2v) is 4.25. The van der Waals surface area contributed by atoms with Gasteiger partial charge in [-0.2, -0.15) is 4.98 Å². The van der Waals surface area contributed by atoms with Crippen LogP contribution in [-0.4, -0.2) is 9.97 Å². The van der Waals surface area contributed by atoms with Gasteiger partial charge in [-0.05, 0) is 19.1 Å². The molecule has 0 aliphatic rings. The second-order valence-electron chi connectivity index (χ2n) is 3.89. The van der Waals surface area contributed by atoms with Gasteiger partial charge in [0.1, 0.15) is 16.8 Å². The Morgan fingerprint density at radius 1 is 1.26 bits per heavy atom. The molecule has 1 aromatic heterocycles. The highest BCUT2D eigenvalue weighted by Gasteiger charge is 2.13. The Hall–Kier alpha value is -1.75. The summed E-state index contributed by atoms with van der Waals surface area (Å²) in [4.78, 5) is 8.18. The van der Waals surface area contributed by atoms with E-state index in [4.69, 9.17) is 16.3 Å². The lowest BCUT2D eigenvalue weighted by atomic mass is 10.3. The van der Waals surface area contributed by atoms with Gasteiger partial charge in [-0.1, -0.05) is 18.5 Å². The minimum atomic E-state index is -0.799. The summed E-state index contributed by atoms with van der Waals surface area (Å²) in [5.74, 6) is -0.916. The van der Waals surface area contributed by atoms with Crippen LogP contribution in [0.5, 0.6) is 11.6 Å². The standard InChI is InChI=1S/C13H11ClF2N2O/c1-3-11-17-12(14)7(2)13(18-11)19-10-5-4-8(15)6-9(10)16/h4-6H,3H2,1-2H3. The quantitative estimate of drug-likeness (QED) is 0.797. The van der Waals surface area contributed by atoms with Crippen molar-refractivity contribution < 1.29 is 13.5 Å². The van der Waals surface area contributed by atoms with E-state index < -0.39 is 11.6 Å². The number of rotatable bonds is 3. The van der Waals surface area contributed by atoms with E-state index in [1.807, 2.05) is 6.92 Å². The number of nitrogens with zero attached hydrogens (tertiary/aromatic N) is 2. The first-order valence-corrected chi connectivity index (χ1v) is 6.05. The number of benzene rings is 1. The lowest BCUT2D eigenvalue weighted by molar-refractivity contribution is 0.418. The Balaban J connectivity index is 2.40. The summed E-state index contributed by atoms with van der Waals surface area (Å²) in [6.07, 6.45) is 0.572. The first-order valence-electron chi connectivity index (χ1n) is 5.67. The van der Waals surface area contributed by atoms with Crippen LogP contribution < -0.4 is 4.74 Å². The van der Waals surface area contributed by atoms with Gasteiger partial charge in [0.05, 0.1) is 0 Å². The van der Waals surface area contributed by atoms with Gasteiger partial charge in [0.15, 0.2) is 11.6 Å². The number of hydrogen-bond acceptors (Lipinski definition) is 3. The maximum Gasteiger partial charge on any atom is 0.227 e. The first kappa shape index (κ1) is 13.7. The fourth-order valence-corrected chi connectivity index (χ4v) is 1.61. The second kappa shape index (κ2) is 5.48. The summed E-state index contributed by atoms with van der Waals surface area (Å²) >= 11 is 5.94. The molecule has 6 heteroatoms. The molecule has 0 bridgehead atoms. The van der Waals surface area contributed by atoms with Gasteiger partial charge in [-0.15, -0.1) is 0 Å². The number of aryl methyl sites for hydroxylation is 1. The van der Waals surface area contributed by atoms with Crippen molar-refractivity contribution >= 4 is 11.6 Å². The molecule has 0 fully saturated rings. The molecule has 1 heterocycles. The third kappa shape index (κ3) is 2.98. The van der Waals surface area contributed by atoms with Crippen LogP contribution in [0.3, 0.4) is 0 Å². The molecular formula is C13H11ClF2N2O. The zero-order chi connectivity index (χ0) is 14.0. The van der Waals surface area contributed by atoms with Crippen molar-refractivity contribution in [1.82, 2.24) is 9.97 Å². The van der Waals surface area contributed by atoms with Crippen molar-refractivity contribution in [1.29, 1.82) is 0 Å². The topological polar surface area (TPSA) is 35.0 Å². The highest BCUT2D eigenvalue weighted by molar-refractivity contribution is 6.30. The van der Waals surface area contributed by atoms with Gasteiger partial charge in [0.25, 0.3) is 0 Å². The molecule has 2 rings (SSSR count). The SMILES string of the molecule is CCc1nc(Cl)c(C)c(Oc2ccc(F)cc2F)n1. The Kier molecular flexibility index (Phi) is 3.95. The van der Waals surface area contributed by atoms with Crippen LogP contribution in [0.15, 0.2) is 18.2 Å². The molecule has 0 saturated carbocycles. The highest BCUT2D eigenvalue weighted by atomic mass is 35.5. The van der Waals surface area contributed by atoms with Gasteiger partial charge in [-0.25, -0.2) is 13.8 Å². The Morgan fingerprint density at radius 3 is 2.63 bits per heavy atom. The van der Waals surface area contributed by atoms with Gasteiger partial charge in [-0.3, -0.25) is 0 Å². The van der Waals surface area contributed by atoms with Crippen molar-refractivity contribution in [2.75, 3.05) is 0 Å². The molecule has 0 aliphatic heterocycles. The van der Waals surface area contributed by atoms with Gasteiger partial charge in [0, 0.05) is 18.1 Å². The molecule has 2 aromatic rings. The Morgan fingerprint density at radius 2 is 2.00 bits per heavy atom. The fourth-order valence-electron chi connectivity index (χ4n) is 1.43. The van der Waals surface area contributed by atoms with Crippen molar-refractivity contribution in [2.45, 2.75) is 20.3 Å². The molecule has 100 valence electrons. The predicted octanol–water partition coefficient (Wildman–Crippen LogP) is 4.07. The lowest BCUT2D eigenvalue weighted by Gasteiger charge is -2.10. The molecule has 0 saturated heterocycles. The molecular weight excluding hydrogens is 274 g/mol. The summed E-state index contributed by atoms with van der Waals surface area (Å²) in [5.41, 5.74) is 0.502. The maximum atomic E-state index is 13.5. The summed E-state index contributed by atoms with van der Waals surface area (Å²) in [5, 5.41) is 0.254. The zero-order valence-electron chi connectivity index (χ0n) is 10.4. The van der Waals surface area contributed by atoms with E-state index in [9.17, 15) is 8.78 Å². The van der Waals surface area contributed by atoms with Crippen LogP contribution in [-0.2, 0) is 6.42 Å². The number of aromatic nitrogens is 2. The largest absolute Gasteiger partial charge is 0.435 e. The van der Waals surface area contributed by atoms with E-state index >= 15 is 0 Å². The molecule has 3 nitrogen and oxygen atoms in total. The minimum Gasteiger partial charge on any atom is -0.435 e. The van der Waals surface area contributed by atoms with E-state index in [1.54, 1.807) is 6.92 Å². The summed E-state index contributed by atoms with van der Waals surface area (Å²) in [6.45, 7) is 3.53. The maximum absolute atomic E-state index is 13.5. The van der Waals surface area contributed by atoms with E-state index in [-0.39, 0.29) is 16.8 Å². The van der Waals surface area contributed by atoms with E-state index in [1.165, 1.54) is 6.07 Å². The van der Waals surface area contributed by atoms with Gasteiger partial charge < -0.3 is 4.74 Å². The van der Waals surface area contributed by atoms with Crippen LogP contribution in [0.1, 0.15) is 18.3 Å². The van der Waals surface area contributed by atoms with Gasteiger partial charge in [0.2, 0.25) is 5.88 Å². The molecule has 0 radical (unpaired) electrons. The molecule has 0 amide bonds. The molecule has 0 aliphatic carbocycles. The van der Waals surface area contributed by atoms with Crippen molar-refractivity contribution in [3.8, 4) is 11.6 Å². The molecule has 0 spiro atoms. The summed E-state index contributed by atoms with van der Waals surface area (Å²) < 4.78 is 31.7. The monoisotopic (exact) mass is 284 g/mol. The van der Waals surface area contributed by atoms with E-state index in [2.05, 4.69) is 9.97 Å². The smallest absolute Gasteiger partial charge is 0.227 e. The number of ether oxygens (including phenoxy) is 1. The summed E-state index contributed by atoms with van der Waals surface area (Å²) in [6, 6.07) is 3.05. The molecule has 1 aromatic carbocycles. The van der Waals surface area contributed by atoms with E-state index in [0.29, 0.717) is 17.8 Å². The number of hydrogen-bond donors (Lipinski definition) is 0. The predicted molar refractivity (Wildman–Crippen MR) is 67.6 cm³/mol. The molecule has 19 heavy (non-hydrogen) atoms. The molecule has 0 atom stereocenters. The zero-order valence-corrected chi connectivity index (χ0v) is 11.1. The molecule has 0 unspecified atom stereocenters. The lowest BCUT2D eigenvalue weighted by Crippen LogP contribution is -2.01. The van der Waals surface area contributed by atoms with Crippen LogP contribution in [0.2, 0.25) is 5.15 Å². The van der Waals surface area contributed by atoms with Crippen LogP contribution in [0.25, 0.3) is 0 Å². The summed E-state index contributed by atoms with van der Waals surface area (Å²) in [7, 11) is 0. The Bertz CT molecular complexity index is 620. The first-order chi connectivity index (χ1) is 9.01. The van der Waals surface area contributed by atoms with Crippen LogP contribution in [0, 0.1) is 18.6 Å². The molecule has 0 N–H and O–H groups in total. The van der Waals surface area contributed by atoms with Crippen molar-refractivity contribution in [3.05, 3.63) is 46.4 Å². The average molecular weight is 285 g/mol. The third-order valence-corrected chi connectivity index (χ3v) is 2.87. The van der Waals surface area contributed by atoms with Crippen molar-refractivity contribution in [2.24, 2.45) is 0 Å². The fraction of sp³-hybridized carbons (Fsp3) is 0.231. The Labute approximate surface area is 114 Å². The minimum absolute atomic E-state index is 0.110. The van der Waals surface area contributed by atoms with Gasteiger partial charge >= 0.3 is 0 Å². The third-order valence-electron chi connectivity index (χ3n) is 2.50. The highest BCUT2D eigenvalue weighted by Crippen LogP contribution is 2.28. The average Bonchev–Trinajstić information content (AvgIpc) is 2.37. The number of halogens is 3.